The van der Waals surface area contributed by atoms with Crippen molar-refractivity contribution in [3.63, 3.8) is 0 Å². The number of nitrogens with zero attached hydrogens (tertiary/aromatic N) is 3. The SMILES string of the molecule is COc1c(CN2O[C@@H](CO)[C@@H]([C@H](C)O)[C@H]2C(=O)N[C@H]2C[C@H]3C[C@@H]([C@@H]2C)C3(C)C)cccc1-c1cc(C(=O)N[C@@H](CC2CSCN2)C(=O)N(C)C)cc(N(C)C)c1. The Bertz CT molecular complexity index is 1750. The summed E-state index contributed by atoms with van der Waals surface area (Å²) in [6, 6.07) is 9.88. The number of carbonyl (C=O) groups is 3. The standard InChI is InChI=1S/C42H62N6O7S/c1-23-32-16-28(42(32,3)4)17-33(23)44-40(52)37-36(24(2)50)35(20-49)55-48(37)19-25-11-10-12-31(38(25)54-9)26-13-27(15-30(14-26)46(5)6)39(51)45-34(41(53)47(7)8)18-29-21-56-22-43-29/h10-15,23-24,28-29,32-37,43,49-50H,16-22H2,1-9H3,(H,44,52)(H,45,51)/t23-,24-,28+,29?,32-,33-,34-,35-,36+,37-/m0/s1. The molecule has 5 aliphatic rings. The Balaban J connectivity index is 1.28. The predicted molar refractivity (Wildman–Crippen MR) is 219 cm³/mol. The molecule has 1 unspecified atom stereocenters. The minimum atomic E-state index is -0.920. The van der Waals surface area contributed by atoms with E-state index in [1.165, 1.54) is 11.3 Å². The van der Waals surface area contributed by atoms with E-state index in [1.54, 1.807) is 57.1 Å². The van der Waals surface area contributed by atoms with Gasteiger partial charge in [-0.3, -0.25) is 19.2 Å². The topological polar surface area (TPSA) is 156 Å². The number of methoxy groups -OCH3 is 1. The van der Waals surface area contributed by atoms with Crippen LogP contribution in [0.25, 0.3) is 11.1 Å². The highest BCUT2D eigenvalue weighted by molar-refractivity contribution is 7.99. The van der Waals surface area contributed by atoms with E-state index in [-0.39, 0.29) is 48.4 Å². The summed E-state index contributed by atoms with van der Waals surface area (Å²) in [5.41, 5.74) is 3.62. The first-order valence-electron chi connectivity index (χ1n) is 19.9. The number of rotatable bonds is 14. The van der Waals surface area contributed by atoms with Crippen LogP contribution in [0.4, 0.5) is 5.69 Å². The van der Waals surface area contributed by atoms with Crippen LogP contribution >= 0.6 is 11.8 Å². The minimum Gasteiger partial charge on any atom is -0.496 e. The van der Waals surface area contributed by atoms with E-state index in [9.17, 15) is 24.6 Å². The maximum atomic E-state index is 14.3. The van der Waals surface area contributed by atoms with E-state index in [0.717, 1.165) is 40.4 Å². The number of hydrogen-bond acceptors (Lipinski definition) is 11. The molecule has 7 rings (SSSR count). The molecular weight excluding hydrogens is 733 g/mol. The second-order valence-corrected chi connectivity index (χ2v) is 18.3. The number of ether oxygens (including phenoxy) is 1. The number of aliphatic hydroxyl groups excluding tert-OH is 2. The number of amides is 3. The number of nitrogens with one attached hydrogen (secondary N) is 3. The van der Waals surface area contributed by atoms with Crippen LogP contribution in [0, 0.1) is 29.1 Å². The van der Waals surface area contributed by atoms with Crippen molar-refractivity contribution >= 4 is 35.2 Å². The van der Waals surface area contributed by atoms with Crippen LogP contribution in [0.1, 0.15) is 62.9 Å². The monoisotopic (exact) mass is 794 g/mol. The summed E-state index contributed by atoms with van der Waals surface area (Å²) >= 11 is 1.77. The lowest BCUT2D eigenvalue weighted by molar-refractivity contribution is -0.183. The number of fused-ring (bicyclic) bond motifs is 2. The quantitative estimate of drug-likeness (QED) is 0.191. The minimum absolute atomic E-state index is 0.0202. The molecule has 308 valence electrons. The molecule has 5 fully saturated rings. The van der Waals surface area contributed by atoms with Gasteiger partial charge in [-0.05, 0) is 73.1 Å². The van der Waals surface area contributed by atoms with Gasteiger partial charge in [-0.15, -0.1) is 11.8 Å². The maximum Gasteiger partial charge on any atom is 0.252 e. The van der Waals surface area contributed by atoms with E-state index >= 15 is 0 Å². The lowest BCUT2D eigenvalue weighted by Crippen LogP contribution is -2.62. The van der Waals surface area contributed by atoms with Crippen molar-refractivity contribution in [2.24, 2.45) is 29.1 Å². The molecule has 2 aromatic carbocycles. The van der Waals surface area contributed by atoms with Gasteiger partial charge in [-0.1, -0.05) is 39.0 Å². The Hall–Kier alpha value is -3.40. The van der Waals surface area contributed by atoms with E-state index in [4.69, 9.17) is 9.57 Å². The Labute approximate surface area is 336 Å². The third-order valence-electron chi connectivity index (χ3n) is 13.1. The van der Waals surface area contributed by atoms with Gasteiger partial charge in [0, 0.05) is 80.2 Å². The van der Waals surface area contributed by atoms with Gasteiger partial charge in [0.1, 0.15) is 23.9 Å². The smallest absolute Gasteiger partial charge is 0.252 e. The molecule has 2 saturated heterocycles. The van der Waals surface area contributed by atoms with Crippen LogP contribution in [0.2, 0.25) is 0 Å². The van der Waals surface area contributed by atoms with Gasteiger partial charge in [0.2, 0.25) is 11.8 Å². The highest BCUT2D eigenvalue weighted by Crippen LogP contribution is 2.61. The molecule has 2 aromatic rings. The van der Waals surface area contributed by atoms with Crippen LogP contribution in [-0.2, 0) is 21.0 Å². The number of anilines is 1. The first-order valence-corrected chi connectivity index (χ1v) is 21.1. The van der Waals surface area contributed by atoms with Crippen molar-refractivity contribution in [3.8, 4) is 16.9 Å². The molecule has 3 aliphatic carbocycles. The number of likely N-dealkylation sites (N-methyl/N-ethyl adjacent to an activating group) is 1. The Morgan fingerprint density at radius 3 is 2.48 bits per heavy atom. The Kier molecular flexibility index (Phi) is 13.0. The zero-order valence-electron chi connectivity index (χ0n) is 34.4. The fraction of sp³-hybridized carbons (Fsp3) is 0.643. The second-order valence-electron chi connectivity index (χ2n) is 17.3. The van der Waals surface area contributed by atoms with Crippen molar-refractivity contribution < 1.29 is 34.2 Å². The molecule has 0 aromatic heterocycles. The van der Waals surface area contributed by atoms with Crippen molar-refractivity contribution in [2.75, 3.05) is 58.4 Å². The molecule has 0 spiro atoms. The number of thioether (sulfide) groups is 1. The molecular formula is C42H62N6O7S. The molecule has 3 amide bonds. The van der Waals surface area contributed by atoms with E-state index in [1.807, 2.05) is 43.3 Å². The lowest BCUT2D eigenvalue weighted by Gasteiger charge is -2.62. The summed E-state index contributed by atoms with van der Waals surface area (Å²) in [7, 11) is 8.78. The van der Waals surface area contributed by atoms with Gasteiger partial charge in [-0.2, -0.15) is 5.06 Å². The van der Waals surface area contributed by atoms with Gasteiger partial charge >= 0.3 is 0 Å². The zero-order valence-corrected chi connectivity index (χ0v) is 35.2. The summed E-state index contributed by atoms with van der Waals surface area (Å²) < 4.78 is 6.08. The van der Waals surface area contributed by atoms with Gasteiger partial charge in [0.15, 0.2) is 0 Å². The first-order chi connectivity index (χ1) is 26.5. The van der Waals surface area contributed by atoms with Crippen molar-refractivity contribution in [2.45, 2.75) is 89.9 Å². The normalized spacial score (nSPS) is 29.2. The summed E-state index contributed by atoms with van der Waals surface area (Å²) in [5, 5.41) is 32.7. The van der Waals surface area contributed by atoms with Crippen LogP contribution in [0.5, 0.6) is 5.75 Å². The highest BCUT2D eigenvalue weighted by Gasteiger charge is 2.57. The molecule has 2 bridgehead atoms. The zero-order chi connectivity index (χ0) is 40.6. The summed E-state index contributed by atoms with van der Waals surface area (Å²) in [6.45, 7) is 8.30. The van der Waals surface area contributed by atoms with Crippen molar-refractivity contribution in [1.82, 2.24) is 25.9 Å². The number of para-hydroxylation sites is 1. The average molecular weight is 795 g/mol. The predicted octanol–water partition coefficient (Wildman–Crippen LogP) is 3.33. The molecule has 5 N–H and O–H groups in total. The maximum absolute atomic E-state index is 14.3. The van der Waals surface area contributed by atoms with Crippen LogP contribution in [0.15, 0.2) is 36.4 Å². The fourth-order valence-electron chi connectivity index (χ4n) is 9.63. The van der Waals surface area contributed by atoms with E-state index < -0.39 is 30.2 Å². The van der Waals surface area contributed by atoms with Crippen LogP contribution < -0.4 is 25.6 Å². The number of hydroxylamine groups is 2. The molecule has 2 heterocycles. The number of carbonyl (C=O) groups excluding carboxylic acids is 3. The van der Waals surface area contributed by atoms with E-state index in [2.05, 4.69) is 36.7 Å². The fourth-order valence-corrected chi connectivity index (χ4v) is 10.6. The number of benzene rings is 2. The lowest BCUT2D eigenvalue weighted by atomic mass is 9.45. The van der Waals surface area contributed by atoms with Gasteiger partial charge < -0.3 is 40.7 Å². The van der Waals surface area contributed by atoms with Gasteiger partial charge in [0.25, 0.3) is 5.91 Å². The molecule has 10 atom stereocenters. The van der Waals surface area contributed by atoms with Gasteiger partial charge in [0.05, 0.1) is 26.4 Å². The Morgan fingerprint density at radius 1 is 1.14 bits per heavy atom. The summed E-state index contributed by atoms with van der Waals surface area (Å²) in [5.74, 6) is 2.23. The molecule has 3 saturated carbocycles. The molecule has 56 heavy (non-hydrogen) atoms. The van der Waals surface area contributed by atoms with Gasteiger partial charge in [-0.25, -0.2) is 0 Å². The van der Waals surface area contributed by atoms with Crippen molar-refractivity contribution in [1.29, 1.82) is 0 Å². The first kappa shape index (κ1) is 42.2. The van der Waals surface area contributed by atoms with E-state index in [0.29, 0.717) is 35.5 Å². The molecule has 0 radical (unpaired) electrons. The summed E-state index contributed by atoms with van der Waals surface area (Å²) in [6.07, 6.45) is 0.889. The largest absolute Gasteiger partial charge is 0.496 e. The van der Waals surface area contributed by atoms with Crippen molar-refractivity contribution in [3.05, 3.63) is 47.5 Å². The Morgan fingerprint density at radius 2 is 1.89 bits per heavy atom. The molecule has 13 nitrogen and oxygen atoms in total. The third-order valence-corrected chi connectivity index (χ3v) is 14.1. The number of aliphatic hydroxyl groups is 2. The average Bonchev–Trinajstić information content (AvgIpc) is 3.82. The van der Waals surface area contributed by atoms with Crippen LogP contribution in [0.3, 0.4) is 0 Å². The molecule has 14 heteroatoms. The summed E-state index contributed by atoms with van der Waals surface area (Å²) in [4.78, 5) is 51.2. The third kappa shape index (κ3) is 8.42. The molecule has 2 aliphatic heterocycles. The second kappa shape index (κ2) is 17.2. The highest BCUT2D eigenvalue weighted by atomic mass is 32.2. The van der Waals surface area contributed by atoms with Crippen LogP contribution in [-0.4, -0.2) is 128 Å². The number of hydrogen-bond donors (Lipinski definition) is 5.